The summed E-state index contributed by atoms with van der Waals surface area (Å²) in [6.07, 6.45) is 3.70. The lowest BCUT2D eigenvalue weighted by Gasteiger charge is -2.35. The highest BCUT2D eigenvalue weighted by molar-refractivity contribution is 5.92. The van der Waals surface area contributed by atoms with Crippen LogP contribution < -0.4 is 20.1 Å². The summed E-state index contributed by atoms with van der Waals surface area (Å²) in [6, 6.07) is 5.38. The maximum atomic E-state index is 12.6. The molecule has 8 nitrogen and oxygen atoms in total. The highest BCUT2D eigenvalue weighted by Gasteiger charge is 2.28. The van der Waals surface area contributed by atoms with E-state index in [4.69, 9.17) is 9.47 Å². The molecular formula is C18H26ClN5O3. The van der Waals surface area contributed by atoms with Crippen LogP contribution in [0.2, 0.25) is 0 Å². The first-order valence-corrected chi connectivity index (χ1v) is 8.55. The van der Waals surface area contributed by atoms with Gasteiger partial charge in [0.15, 0.2) is 0 Å². The third-order valence-corrected chi connectivity index (χ3v) is 4.49. The highest BCUT2D eigenvalue weighted by Crippen LogP contribution is 2.26. The minimum atomic E-state index is -0.0820. The van der Waals surface area contributed by atoms with Crippen LogP contribution in [0.25, 0.3) is 0 Å². The third-order valence-electron chi connectivity index (χ3n) is 4.49. The zero-order chi connectivity index (χ0) is 18.5. The second-order valence-corrected chi connectivity index (χ2v) is 6.24. The van der Waals surface area contributed by atoms with Gasteiger partial charge in [-0.3, -0.25) is 9.69 Å². The highest BCUT2D eigenvalue weighted by atomic mass is 35.5. The molecule has 1 saturated heterocycles. The van der Waals surface area contributed by atoms with Crippen molar-refractivity contribution in [1.82, 2.24) is 19.8 Å². The van der Waals surface area contributed by atoms with Crippen LogP contribution in [-0.2, 0) is 11.8 Å². The van der Waals surface area contributed by atoms with Gasteiger partial charge in [-0.2, -0.15) is 0 Å². The summed E-state index contributed by atoms with van der Waals surface area (Å²) in [5.41, 5.74) is 0.648. The molecular weight excluding hydrogens is 370 g/mol. The Morgan fingerprint density at radius 2 is 2.00 bits per heavy atom. The van der Waals surface area contributed by atoms with Gasteiger partial charge in [-0.05, 0) is 0 Å². The average molecular weight is 396 g/mol. The van der Waals surface area contributed by atoms with E-state index in [0.717, 1.165) is 25.5 Å². The zero-order valence-electron chi connectivity index (χ0n) is 15.8. The van der Waals surface area contributed by atoms with Crippen LogP contribution in [0, 0.1) is 0 Å². The monoisotopic (exact) mass is 395 g/mol. The minimum absolute atomic E-state index is 0. The Labute approximate surface area is 165 Å². The number of hydrogen-bond donors (Lipinski definition) is 2. The van der Waals surface area contributed by atoms with Crippen molar-refractivity contribution in [3.63, 3.8) is 0 Å². The van der Waals surface area contributed by atoms with E-state index in [1.165, 1.54) is 0 Å². The van der Waals surface area contributed by atoms with Crippen molar-refractivity contribution in [3.05, 3.63) is 36.4 Å². The molecule has 2 N–H and O–H groups in total. The fourth-order valence-electron chi connectivity index (χ4n) is 3.15. The molecule has 1 amide bonds. The van der Waals surface area contributed by atoms with Gasteiger partial charge in [0.25, 0.3) is 0 Å². The first kappa shape index (κ1) is 21.0. The van der Waals surface area contributed by atoms with E-state index in [9.17, 15) is 4.79 Å². The van der Waals surface area contributed by atoms with Gasteiger partial charge in [0, 0.05) is 63.0 Å². The topological polar surface area (TPSA) is 80.7 Å². The number of anilines is 1. The van der Waals surface area contributed by atoms with Crippen molar-refractivity contribution in [2.75, 3.05) is 45.7 Å². The van der Waals surface area contributed by atoms with Gasteiger partial charge in [0.1, 0.15) is 17.3 Å². The number of piperazine rings is 1. The summed E-state index contributed by atoms with van der Waals surface area (Å²) in [4.78, 5) is 19.2. The Hall–Kier alpha value is -2.29. The van der Waals surface area contributed by atoms with E-state index in [1.54, 1.807) is 38.6 Å². The Balaban J connectivity index is 0.00000261. The predicted octanol–water partition coefficient (Wildman–Crippen LogP) is 1.44. The number of aryl methyl sites for hydroxylation is 1. The van der Waals surface area contributed by atoms with E-state index >= 15 is 0 Å². The zero-order valence-corrected chi connectivity index (χ0v) is 16.6. The fourth-order valence-corrected chi connectivity index (χ4v) is 3.15. The number of hydrogen-bond acceptors (Lipinski definition) is 6. The average Bonchev–Trinajstić information content (AvgIpc) is 3.07. The van der Waals surface area contributed by atoms with E-state index < -0.39 is 0 Å². The van der Waals surface area contributed by atoms with E-state index in [2.05, 4.69) is 20.5 Å². The van der Waals surface area contributed by atoms with Gasteiger partial charge in [0.05, 0.1) is 26.8 Å². The molecule has 9 heteroatoms. The lowest BCUT2D eigenvalue weighted by molar-refractivity contribution is -0.118. The Morgan fingerprint density at radius 1 is 1.30 bits per heavy atom. The van der Waals surface area contributed by atoms with E-state index in [1.807, 2.05) is 17.8 Å². The number of benzene rings is 1. The number of halogens is 1. The summed E-state index contributed by atoms with van der Waals surface area (Å²) in [6.45, 7) is 2.69. The normalized spacial score (nSPS) is 17.1. The molecule has 1 atom stereocenters. The molecule has 0 aliphatic carbocycles. The van der Waals surface area contributed by atoms with Crippen LogP contribution >= 0.6 is 12.4 Å². The molecule has 0 spiro atoms. The number of carbonyl (C=O) groups excluding carboxylic acids is 1. The Kier molecular flexibility index (Phi) is 7.46. The van der Waals surface area contributed by atoms with Crippen LogP contribution in [0.15, 0.2) is 30.6 Å². The number of methoxy groups -OCH3 is 2. The van der Waals surface area contributed by atoms with Crippen LogP contribution in [0.1, 0.15) is 11.9 Å². The Bertz CT molecular complexity index is 745. The summed E-state index contributed by atoms with van der Waals surface area (Å²) in [5.74, 6) is 2.13. The number of rotatable bonds is 6. The van der Waals surface area contributed by atoms with Crippen LogP contribution in [0.3, 0.4) is 0 Å². The van der Waals surface area contributed by atoms with Gasteiger partial charge in [-0.15, -0.1) is 12.4 Å². The molecule has 1 aliphatic heterocycles. The van der Waals surface area contributed by atoms with Crippen molar-refractivity contribution in [2.24, 2.45) is 7.05 Å². The lowest BCUT2D eigenvalue weighted by Crippen LogP contribution is -2.49. The molecule has 0 saturated carbocycles. The summed E-state index contributed by atoms with van der Waals surface area (Å²) in [5, 5.41) is 6.30. The van der Waals surface area contributed by atoms with Gasteiger partial charge in [-0.25, -0.2) is 4.98 Å². The van der Waals surface area contributed by atoms with Gasteiger partial charge in [0.2, 0.25) is 5.91 Å². The first-order chi connectivity index (χ1) is 12.6. The molecule has 0 bridgehead atoms. The van der Waals surface area contributed by atoms with E-state index in [-0.39, 0.29) is 24.4 Å². The molecule has 1 unspecified atom stereocenters. The van der Waals surface area contributed by atoms with Crippen molar-refractivity contribution in [1.29, 1.82) is 0 Å². The molecule has 1 aliphatic rings. The molecule has 2 aromatic rings. The molecule has 1 aromatic carbocycles. The van der Waals surface area contributed by atoms with Crippen molar-refractivity contribution in [2.45, 2.75) is 6.04 Å². The molecule has 3 rings (SSSR count). The van der Waals surface area contributed by atoms with Crippen LogP contribution in [-0.4, -0.2) is 60.8 Å². The SMILES string of the molecule is COc1cc(NC(=O)CN2CCNCC2c2nccn2C)cc(OC)c1.Cl. The molecule has 148 valence electrons. The first-order valence-electron chi connectivity index (χ1n) is 8.55. The molecule has 2 heterocycles. The second kappa shape index (κ2) is 9.59. The Morgan fingerprint density at radius 3 is 2.59 bits per heavy atom. The standard InChI is InChI=1S/C18H25N5O3.ClH/c1-22-6-5-20-18(22)16-11-19-4-7-23(16)12-17(24)21-13-8-14(25-2)10-15(9-13)26-3;/h5-6,8-10,16,19H,4,7,11-12H2,1-3H3,(H,21,24);1H. The molecule has 27 heavy (non-hydrogen) atoms. The molecule has 0 radical (unpaired) electrons. The summed E-state index contributed by atoms with van der Waals surface area (Å²) in [7, 11) is 5.13. The van der Waals surface area contributed by atoms with Crippen molar-refractivity contribution >= 4 is 24.0 Å². The molecule has 1 aromatic heterocycles. The summed E-state index contributed by atoms with van der Waals surface area (Å²) >= 11 is 0. The smallest absolute Gasteiger partial charge is 0.238 e. The van der Waals surface area contributed by atoms with Gasteiger partial charge >= 0.3 is 0 Å². The molecule has 1 fully saturated rings. The maximum Gasteiger partial charge on any atom is 0.238 e. The largest absolute Gasteiger partial charge is 0.497 e. The summed E-state index contributed by atoms with van der Waals surface area (Å²) < 4.78 is 12.5. The van der Waals surface area contributed by atoms with Gasteiger partial charge in [-0.1, -0.05) is 0 Å². The number of nitrogens with zero attached hydrogens (tertiary/aromatic N) is 3. The number of amides is 1. The van der Waals surface area contributed by atoms with Crippen LogP contribution in [0.5, 0.6) is 11.5 Å². The third kappa shape index (κ3) is 5.12. The van der Waals surface area contributed by atoms with E-state index in [0.29, 0.717) is 23.7 Å². The number of ether oxygens (including phenoxy) is 2. The van der Waals surface area contributed by atoms with Crippen molar-refractivity contribution < 1.29 is 14.3 Å². The maximum absolute atomic E-state index is 12.6. The predicted molar refractivity (Wildman–Crippen MR) is 106 cm³/mol. The lowest BCUT2D eigenvalue weighted by atomic mass is 10.1. The fraction of sp³-hybridized carbons (Fsp3) is 0.444. The second-order valence-electron chi connectivity index (χ2n) is 6.24. The minimum Gasteiger partial charge on any atom is -0.497 e. The number of imidazole rings is 1. The quantitative estimate of drug-likeness (QED) is 0.770. The number of carbonyl (C=O) groups is 1. The van der Waals surface area contributed by atoms with Gasteiger partial charge < -0.3 is 24.7 Å². The number of nitrogens with one attached hydrogen (secondary N) is 2. The van der Waals surface area contributed by atoms with Crippen molar-refractivity contribution in [3.8, 4) is 11.5 Å². The number of aromatic nitrogens is 2. The van der Waals surface area contributed by atoms with Crippen LogP contribution in [0.4, 0.5) is 5.69 Å².